The van der Waals surface area contributed by atoms with Crippen molar-refractivity contribution in [3.8, 4) is 5.19 Å². The fraction of sp³-hybridized carbons (Fsp3) is 0.500. The number of halogens is 1. The molecule has 5 rings (SSSR count). The van der Waals surface area contributed by atoms with Crippen molar-refractivity contribution in [2.45, 2.75) is 49.8 Å². The maximum absolute atomic E-state index is 13.1. The molecule has 4 heterocycles. The van der Waals surface area contributed by atoms with Crippen LogP contribution >= 0.6 is 34.3 Å². The van der Waals surface area contributed by atoms with E-state index in [9.17, 15) is 13.2 Å². The van der Waals surface area contributed by atoms with Gasteiger partial charge in [0, 0.05) is 44.9 Å². The summed E-state index contributed by atoms with van der Waals surface area (Å²) < 4.78 is 35.2. The SMILES string of the molecule is Cc1ccc(C)c2sc(OC3CCN(C(=O)C4CCN(S(=O)(=O)c5ccc(Cl)s5)CC4)CC3)nc12. The average molecular weight is 554 g/mol. The van der Waals surface area contributed by atoms with Crippen molar-refractivity contribution >= 4 is 60.4 Å². The maximum Gasteiger partial charge on any atom is 0.274 e. The summed E-state index contributed by atoms with van der Waals surface area (Å²) in [4.78, 5) is 19.7. The first-order valence-electron chi connectivity index (χ1n) is 11.8. The van der Waals surface area contributed by atoms with E-state index in [1.165, 1.54) is 14.6 Å². The number of benzene rings is 1. The van der Waals surface area contributed by atoms with E-state index in [1.54, 1.807) is 23.5 Å². The van der Waals surface area contributed by atoms with Gasteiger partial charge in [-0.3, -0.25) is 4.79 Å². The van der Waals surface area contributed by atoms with Crippen molar-refractivity contribution in [2.75, 3.05) is 26.2 Å². The second-order valence-electron chi connectivity index (χ2n) is 9.24. The molecule has 3 aromatic rings. The lowest BCUT2D eigenvalue weighted by atomic mass is 9.95. The highest BCUT2D eigenvalue weighted by Gasteiger charge is 2.35. The van der Waals surface area contributed by atoms with Gasteiger partial charge in [-0.2, -0.15) is 4.31 Å². The normalized spacial score (nSPS) is 18.9. The summed E-state index contributed by atoms with van der Waals surface area (Å²) in [7, 11) is -3.55. The second kappa shape index (κ2) is 9.97. The van der Waals surface area contributed by atoms with Gasteiger partial charge in [0.15, 0.2) is 0 Å². The molecule has 0 spiro atoms. The number of hydrogen-bond acceptors (Lipinski definition) is 7. The Hall–Kier alpha value is -1.72. The summed E-state index contributed by atoms with van der Waals surface area (Å²) in [6.07, 6.45) is 2.67. The number of likely N-dealkylation sites (tertiary alicyclic amines) is 1. The second-order valence-corrected chi connectivity index (χ2v) is 14.1. The van der Waals surface area contributed by atoms with Crippen molar-refractivity contribution in [1.29, 1.82) is 0 Å². The first kappa shape index (κ1) is 25.0. The van der Waals surface area contributed by atoms with Crippen molar-refractivity contribution in [3.05, 3.63) is 39.7 Å². The molecular formula is C24H28ClN3O4S3. The van der Waals surface area contributed by atoms with Crippen LogP contribution in [0, 0.1) is 19.8 Å². The number of aromatic nitrogens is 1. The summed E-state index contributed by atoms with van der Waals surface area (Å²) in [6.45, 7) is 6.16. The fourth-order valence-electron chi connectivity index (χ4n) is 4.79. The van der Waals surface area contributed by atoms with Crippen LogP contribution in [0.4, 0.5) is 0 Å². The van der Waals surface area contributed by atoms with Crippen LogP contribution in [0.5, 0.6) is 5.19 Å². The zero-order valence-electron chi connectivity index (χ0n) is 19.7. The lowest BCUT2D eigenvalue weighted by Crippen LogP contribution is -2.47. The molecule has 2 fully saturated rings. The van der Waals surface area contributed by atoms with E-state index in [-0.39, 0.29) is 22.1 Å². The predicted molar refractivity (Wildman–Crippen MR) is 140 cm³/mol. The lowest BCUT2D eigenvalue weighted by molar-refractivity contribution is -0.138. The highest BCUT2D eigenvalue weighted by atomic mass is 35.5. The van der Waals surface area contributed by atoms with E-state index >= 15 is 0 Å². The summed E-state index contributed by atoms with van der Waals surface area (Å²) in [5, 5.41) is 0.697. The van der Waals surface area contributed by atoms with Crippen LogP contribution in [0.2, 0.25) is 4.34 Å². The number of hydrogen-bond donors (Lipinski definition) is 0. The van der Waals surface area contributed by atoms with Gasteiger partial charge in [0.25, 0.3) is 15.2 Å². The standard InChI is InChI=1S/C24H28ClN3O4S3/c1-15-3-4-16(2)22-21(15)26-24(34-22)32-18-9-11-27(12-10-18)23(29)17-7-13-28(14-8-17)35(30,31)20-6-5-19(25)33-20/h3-6,17-18H,7-14H2,1-2H3. The van der Waals surface area contributed by atoms with Crippen LogP contribution in [-0.2, 0) is 14.8 Å². The quantitative estimate of drug-likeness (QED) is 0.439. The minimum Gasteiger partial charge on any atom is -0.467 e. The highest BCUT2D eigenvalue weighted by molar-refractivity contribution is 7.91. The van der Waals surface area contributed by atoms with Crippen LogP contribution < -0.4 is 4.74 Å². The van der Waals surface area contributed by atoms with Crippen LogP contribution in [0.3, 0.4) is 0 Å². The number of piperidine rings is 2. The molecule has 2 saturated heterocycles. The summed E-state index contributed by atoms with van der Waals surface area (Å²) >= 11 is 8.57. The number of rotatable bonds is 5. The van der Waals surface area contributed by atoms with E-state index in [0.29, 0.717) is 48.6 Å². The first-order valence-corrected chi connectivity index (χ1v) is 15.2. The number of nitrogens with zero attached hydrogens (tertiary/aromatic N) is 3. The van der Waals surface area contributed by atoms with Gasteiger partial charge in [0.2, 0.25) is 5.91 Å². The van der Waals surface area contributed by atoms with E-state index in [4.69, 9.17) is 21.3 Å². The zero-order chi connectivity index (χ0) is 24.7. The van der Waals surface area contributed by atoms with Crippen LogP contribution in [0.1, 0.15) is 36.8 Å². The molecular weight excluding hydrogens is 526 g/mol. The topological polar surface area (TPSA) is 79.8 Å². The third-order valence-electron chi connectivity index (χ3n) is 6.89. The summed E-state index contributed by atoms with van der Waals surface area (Å²) in [6, 6.07) is 7.34. The predicted octanol–water partition coefficient (Wildman–Crippen LogP) is 5.10. The number of amides is 1. The Morgan fingerprint density at radius 2 is 1.69 bits per heavy atom. The smallest absolute Gasteiger partial charge is 0.274 e. The maximum atomic E-state index is 13.1. The minimum absolute atomic E-state index is 0.0461. The number of ether oxygens (including phenoxy) is 1. The molecule has 2 aliphatic rings. The van der Waals surface area contributed by atoms with Gasteiger partial charge in [-0.15, -0.1) is 11.3 Å². The third kappa shape index (κ3) is 5.09. The van der Waals surface area contributed by atoms with E-state index in [1.807, 2.05) is 4.90 Å². The van der Waals surface area contributed by atoms with Gasteiger partial charge in [-0.05, 0) is 49.9 Å². The van der Waals surface area contributed by atoms with Crippen molar-refractivity contribution in [2.24, 2.45) is 5.92 Å². The number of carbonyl (C=O) groups is 1. The van der Waals surface area contributed by atoms with Gasteiger partial charge < -0.3 is 9.64 Å². The highest BCUT2D eigenvalue weighted by Crippen LogP contribution is 2.34. The van der Waals surface area contributed by atoms with Crippen molar-refractivity contribution < 1.29 is 17.9 Å². The Morgan fingerprint density at radius 3 is 2.31 bits per heavy atom. The van der Waals surface area contributed by atoms with Gasteiger partial charge in [-0.1, -0.05) is 35.1 Å². The van der Waals surface area contributed by atoms with Gasteiger partial charge >= 0.3 is 0 Å². The minimum atomic E-state index is -3.55. The Labute approximate surface area is 218 Å². The monoisotopic (exact) mass is 553 g/mol. The largest absolute Gasteiger partial charge is 0.467 e. The Bertz CT molecular complexity index is 1300. The van der Waals surface area contributed by atoms with Gasteiger partial charge in [0.1, 0.15) is 10.3 Å². The number of aryl methyl sites for hydroxylation is 2. The van der Waals surface area contributed by atoms with E-state index in [0.717, 1.165) is 35.3 Å². The summed E-state index contributed by atoms with van der Waals surface area (Å²) in [5.41, 5.74) is 3.36. The molecule has 0 N–H and O–H groups in total. The molecule has 7 nitrogen and oxygen atoms in total. The number of carbonyl (C=O) groups excluding carboxylic acids is 1. The van der Waals surface area contributed by atoms with Crippen molar-refractivity contribution in [3.63, 3.8) is 0 Å². The number of fused-ring (bicyclic) bond motifs is 1. The molecule has 0 atom stereocenters. The van der Waals surface area contributed by atoms with Gasteiger partial charge in [-0.25, -0.2) is 13.4 Å². The van der Waals surface area contributed by atoms with Crippen molar-refractivity contribution in [1.82, 2.24) is 14.2 Å². The molecule has 0 unspecified atom stereocenters. The number of sulfonamides is 1. The molecule has 11 heteroatoms. The molecule has 2 aliphatic heterocycles. The Kier molecular flexibility index (Phi) is 7.11. The third-order valence-corrected chi connectivity index (χ3v) is 11.6. The average Bonchev–Trinajstić information content (AvgIpc) is 3.49. The van der Waals surface area contributed by atoms with Gasteiger partial charge in [0.05, 0.1) is 14.6 Å². The molecule has 2 aromatic heterocycles. The van der Waals surface area contributed by atoms with E-state index < -0.39 is 10.0 Å². The molecule has 0 radical (unpaired) electrons. The fourth-order valence-corrected chi connectivity index (χ4v) is 8.93. The van der Waals surface area contributed by atoms with Crippen LogP contribution in [-0.4, -0.2) is 60.8 Å². The molecule has 1 amide bonds. The lowest BCUT2D eigenvalue weighted by Gasteiger charge is -2.36. The molecule has 35 heavy (non-hydrogen) atoms. The van der Waals surface area contributed by atoms with Crippen LogP contribution in [0.25, 0.3) is 10.2 Å². The first-order chi connectivity index (χ1) is 16.7. The van der Waals surface area contributed by atoms with Crippen LogP contribution in [0.15, 0.2) is 28.5 Å². The Morgan fingerprint density at radius 1 is 1.00 bits per heavy atom. The zero-order valence-corrected chi connectivity index (χ0v) is 22.9. The van der Waals surface area contributed by atoms with E-state index in [2.05, 4.69) is 26.0 Å². The molecule has 1 aromatic carbocycles. The number of thiazole rings is 1. The summed E-state index contributed by atoms with van der Waals surface area (Å²) in [5.74, 6) is -0.00745. The molecule has 188 valence electrons. The Balaban J connectivity index is 1.13. The molecule has 0 saturated carbocycles. The molecule has 0 bridgehead atoms. The number of thiophene rings is 1. The molecule has 0 aliphatic carbocycles.